The molecule has 0 aromatic carbocycles. The first kappa shape index (κ1) is 21.6. The highest BCUT2D eigenvalue weighted by molar-refractivity contribution is 5.72. The number of carbonyl (C=O) groups is 1. The molecule has 0 N–H and O–H groups in total. The summed E-state index contributed by atoms with van der Waals surface area (Å²) in [6.45, 7) is 10.9. The molecule has 0 aromatic rings. The number of hydrogen-bond acceptors (Lipinski definition) is 5. The Morgan fingerprint density at radius 1 is 1.07 bits per heavy atom. The van der Waals surface area contributed by atoms with Crippen LogP contribution in [0.5, 0.6) is 0 Å². The van der Waals surface area contributed by atoms with Crippen molar-refractivity contribution in [2.75, 3.05) is 0 Å². The molecule has 0 amide bonds. The third-order valence-electron chi connectivity index (χ3n) is 8.47. The molecule has 0 radical (unpaired) electrons. The van der Waals surface area contributed by atoms with E-state index in [0.717, 1.165) is 51.4 Å². The molecule has 5 fully saturated rings. The van der Waals surface area contributed by atoms with Gasteiger partial charge in [-0.05, 0) is 57.3 Å². The minimum absolute atomic E-state index is 0.0153. The zero-order valence-corrected chi connectivity index (χ0v) is 18.9. The Balaban J connectivity index is 1.58. The molecule has 0 aromatic heterocycles. The first-order valence-electron chi connectivity index (χ1n) is 12.1. The van der Waals surface area contributed by atoms with Crippen molar-refractivity contribution in [1.29, 1.82) is 0 Å². The quantitative estimate of drug-likeness (QED) is 0.434. The lowest BCUT2D eigenvalue weighted by Crippen LogP contribution is -2.69. The number of hydrogen-bond donors (Lipinski definition) is 0. The summed E-state index contributed by atoms with van der Waals surface area (Å²) in [4.78, 5) is 25.3. The predicted octanol–water partition coefficient (Wildman–Crippen LogP) is 5.41. The SMILES string of the molecule is CCCC(CCC)C(=O)OC1O[C@@H]2CC3(C)CC[C@H]4[C@H](C)CCC([C@H]1C)[C@@]24OO3. The van der Waals surface area contributed by atoms with Crippen molar-refractivity contribution in [3.8, 4) is 0 Å². The molecule has 5 heteroatoms. The van der Waals surface area contributed by atoms with E-state index in [1.165, 1.54) is 6.42 Å². The molecule has 5 rings (SSSR count). The van der Waals surface area contributed by atoms with E-state index in [-0.39, 0.29) is 35.1 Å². The minimum atomic E-state index is -0.472. The number of esters is 1. The fourth-order valence-corrected chi connectivity index (χ4v) is 6.84. The van der Waals surface area contributed by atoms with Crippen LogP contribution < -0.4 is 0 Å². The number of ether oxygens (including phenoxy) is 2. The summed E-state index contributed by atoms with van der Waals surface area (Å²) in [5, 5.41) is 0. The van der Waals surface area contributed by atoms with Crippen LogP contribution in [0.15, 0.2) is 0 Å². The van der Waals surface area contributed by atoms with Gasteiger partial charge >= 0.3 is 5.97 Å². The Morgan fingerprint density at radius 2 is 1.79 bits per heavy atom. The van der Waals surface area contributed by atoms with Crippen LogP contribution in [0.3, 0.4) is 0 Å². The molecule has 29 heavy (non-hydrogen) atoms. The molecule has 3 heterocycles. The van der Waals surface area contributed by atoms with Crippen LogP contribution in [0.2, 0.25) is 0 Å². The average Bonchev–Trinajstić information content (AvgIpc) is 2.91. The van der Waals surface area contributed by atoms with Crippen LogP contribution in [0.25, 0.3) is 0 Å². The summed E-state index contributed by atoms with van der Waals surface area (Å²) in [6.07, 6.45) is 8.47. The van der Waals surface area contributed by atoms with E-state index >= 15 is 0 Å². The fourth-order valence-electron chi connectivity index (χ4n) is 6.84. The normalized spacial score (nSPS) is 46.3. The predicted molar refractivity (Wildman–Crippen MR) is 110 cm³/mol. The van der Waals surface area contributed by atoms with Gasteiger partial charge in [0.05, 0.1) is 12.0 Å². The average molecular weight is 409 g/mol. The summed E-state index contributed by atoms with van der Waals surface area (Å²) >= 11 is 0. The lowest BCUT2D eigenvalue weighted by molar-refractivity contribution is -0.494. The summed E-state index contributed by atoms with van der Waals surface area (Å²) < 4.78 is 12.6. The van der Waals surface area contributed by atoms with Crippen molar-refractivity contribution in [1.82, 2.24) is 0 Å². The topological polar surface area (TPSA) is 54.0 Å². The molecule has 2 saturated carbocycles. The summed E-state index contributed by atoms with van der Waals surface area (Å²) in [5.74, 6) is 1.37. The van der Waals surface area contributed by atoms with Gasteiger partial charge in [0.15, 0.2) is 0 Å². The van der Waals surface area contributed by atoms with Crippen LogP contribution in [-0.4, -0.2) is 29.6 Å². The molecule has 3 unspecified atom stereocenters. The van der Waals surface area contributed by atoms with Gasteiger partial charge in [-0.3, -0.25) is 4.79 Å². The number of rotatable bonds is 6. The van der Waals surface area contributed by atoms with Gasteiger partial charge in [-0.1, -0.05) is 40.5 Å². The maximum atomic E-state index is 13.0. The third kappa shape index (κ3) is 3.55. The third-order valence-corrected chi connectivity index (χ3v) is 8.47. The largest absolute Gasteiger partial charge is 0.435 e. The Hall–Kier alpha value is -0.650. The van der Waals surface area contributed by atoms with Crippen molar-refractivity contribution in [2.45, 2.75) is 116 Å². The molecule has 2 aliphatic carbocycles. The second-order valence-electron chi connectivity index (χ2n) is 10.5. The fraction of sp³-hybridized carbons (Fsp3) is 0.958. The smallest absolute Gasteiger partial charge is 0.311 e. The van der Waals surface area contributed by atoms with Crippen molar-refractivity contribution < 1.29 is 24.0 Å². The second-order valence-corrected chi connectivity index (χ2v) is 10.5. The van der Waals surface area contributed by atoms with Crippen LogP contribution in [0, 0.1) is 29.6 Å². The molecule has 8 atom stereocenters. The Morgan fingerprint density at radius 3 is 2.48 bits per heavy atom. The van der Waals surface area contributed by atoms with Gasteiger partial charge in [-0.2, -0.15) is 0 Å². The highest BCUT2D eigenvalue weighted by atomic mass is 17.2. The number of fused-ring (bicyclic) bond motifs is 2. The van der Waals surface area contributed by atoms with Crippen LogP contribution in [-0.2, 0) is 24.0 Å². The first-order chi connectivity index (χ1) is 13.8. The summed E-state index contributed by atoms with van der Waals surface area (Å²) in [5.41, 5.74) is -0.693. The molecule has 3 saturated heterocycles. The molecule has 5 aliphatic rings. The molecule has 2 bridgehead atoms. The van der Waals surface area contributed by atoms with E-state index in [9.17, 15) is 4.79 Å². The van der Waals surface area contributed by atoms with Gasteiger partial charge in [-0.25, -0.2) is 9.78 Å². The standard InChI is InChI=1S/C24H40O5/c1-6-8-17(9-7-2)21(25)27-22-16(4)19-11-10-15(3)18-12-13-23(5)14-20(26-22)24(18,19)29-28-23/h15-20,22H,6-14H2,1-5H3/t15-,16-,18+,19?,20-,22?,23?,24-/m1/s1. The highest BCUT2D eigenvalue weighted by Gasteiger charge is 2.68. The first-order valence-corrected chi connectivity index (χ1v) is 12.1. The second kappa shape index (κ2) is 8.12. The zero-order chi connectivity index (χ0) is 20.8. The van der Waals surface area contributed by atoms with Gasteiger partial charge in [0.1, 0.15) is 11.2 Å². The molecular formula is C24H40O5. The van der Waals surface area contributed by atoms with E-state index in [1.54, 1.807) is 0 Å². The van der Waals surface area contributed by atoms with Crippen LogP contribution >= 0.6 is 0 Å². The van der Waals surface area contributed by atoms with Gasteiger partial charge in [0.2, 0.25) is 6.29 Å². The highest BCUT2D eigenvalue weighted by Crippen LogP contribution is 2.61. The van der Waals surface area contributed by atoms with E-state index in [0.29, 0.717) is 17.8 Å². The lowest BCUT2D eigenvalue weighted by Gasteiger charge is -2.60. The van der Waals surface area contributed by atoms with Gasteiger partial charge < -0.3 is 9.47 Å². The molecular weight excluding hydrogens is 368 g/mol. The van der Waals surface area contributed by atoms with Crippen LogP contribution in [0.1, 0.15) is 92.4 Å². The Labute approximate surface area is 176 Å². The van der Waals surface area contributed by atoms with Crippen molar-refractivity contribution in [2.24, 2.45) is 29.6 Å². The van der Waals surface area contributed by atoms with Gasteiger partial charge in [0.25, 0.3) is 0 Å². The molecule has 3 aliphatic heterocycles. The van der Waals surface area contributed by atoms with Crippen LogP contribution in [0.4, 0.5) is 0 Å². The molecule has 1 spiro atoms. The molecule has 166 valence electrons. The van der Waals surface area contributed by atoms with Crippen molar-refractivity contribution in [3.63, 3.8) is 0 Å². The zero-order valence-electron chi connectivity index (χ0n) is 18.9. The summed E-state index contributed by atoms with van der Waals surface area (Å²) in [7, 11) is 0. The maximum absolute atomic E-state index is 13.0. The molecule has 5 nitrogen and oxygen atoms in total. The summed E-state index contributed by atoms with van der Waals surface area (Å²) in [6, 6.07) is 0. The maximum Gasteiger partial charge on any atom is 0.311 e. The van der Waals surface area contributed by atoms with E-state index in [2.05, 4.69) is 34.6 Å². The Kier molecular flexibility index (Phi) is 6.04. The Bertz CT molecular complexity index is 602. The van der Waals surface area contributed by atoms with Crippen molar-refractivity contribution >= 4 is 5.97 Å². The van der Waals surface area contributed by atoms with E-state index in [4.69, 9.17) is 19.2 Å². The number of carbonyl (C=O) groups excluding carboxylic acids is 1. The minimum Gasteiger partial charge on any atom is -0.435 e. The van der Waals surface area contributed by atoms with E-state index < -0.39 is 6.29 Å². The van der Waals surface area contributed by atoms with Gasteiger partial charge in [0, 0.05) is 18.3 Å². The van der Waals surface area contributed by atoms with E-state index in [1.807, 2.05) is 0 Å². The van der Waals surface area contributed by atoms with Crippen molar-refractivity contribution in [3.05, 3.63) is 0 Å². The lowest BCUT2D eigenvalue weighted by atomic mass is 9.56. The monoisotopic (exact) mass is 408 g/mol. The van der Waals surface area contributed by atoms with Gasteiger partial charge in [-0.15, -0.1) is 0 Å².